The second kappa shape index (κ2) is 8.08. The Hall–Kier alpha value is 0.320. The van der Waals surface area contributed by atoms with Crippen LogP contribution in [-0.4, -0.2) is 6.54 Å². The van der Waals surface area contributed by atoms with Gasteiger partial charge < -0.3 is 5.32 Å². The molecular formula is C15H16Br3NS. The molecule has 0 fully saturated rings. The van der Waals surface area contributed by atoms with Crippen LogP contribution in [0, 0.1) is 0 Å². The number of halogens is 3. The fraction of sp³-hybridized carbons (Fsp3) is 0.333. The number of benzene rings is 1. The summed E-state index contributed by atoms with van der Waals surface area (Å²) in [4.78, 5) is 1.39. The third-order valence-corrected chi connectivity index (χ3v) is 5.94. The number of nitrogens with one attached hydrogen (secondary N) is 1. The highest BCUT2D eigenvalue weighted by atomic mass is 79.9. The maximum absolute atomic E-state index is 3.67. The lowest BCUT2D eigenvalue weighted by atomic mass is 10.0. The summed E-state index contributed by atoms with van der Waals surface area (Å²) in [6.07, 6.45) is 2.14. The van der Waals surface area contributed by atoms with Crippen LogP contribution in [0.2, 0.25) is 0 Å². The van der Waals surface area contributed by atoms with Gasteiger partial charge in [0, 0.05) is 36.1 Å². The van der Waals surface area contributed by atoms with Crippen LogP contribution in [-0.2, 0) is 6.42 Å². The first kappa shape index (κ1) is 16.7. The molecule has 1 nitrogen and oxygen atoms in total. The summed E-state index contributed by atoms with van der Waals surface area (Å²) < 4.78 is 3.44. The maximum Gasteiger partial charge on any atom is 0.0380 e. The van der Waals surface area contributed by atoms with E-state index in [-0.39, 0.29) is 0 Å². The Kier molecular flexibility index (Phi) is 6.75. The Morgan fingerprint density at radius 2 is 1.95 bits per heavy atom. The van der Waals surface area contributed by atoms with E-state index in [1.54, 1.807) is 11.3 Å². The number of thiophene rings is 1. The second-order valence-electron chi connectivity index (χ2n) is 4.61. The van der Waals surface area contributed by atoms with E-state index >= 15 is 0 Å². The Labute approximate surface area is 149 Å². The second-order valence-corrected chi connectivity index (χ2v) is 8.29. The zero-order chi connectivity index (χ0) is 14.5. The molecule has 5 heteroatoms. The van der Waals surface area contributed by atoms with Crippen molar-refractivity contribution in [2.24, 2.45) is 0 Å². The molecule has 2 aromatic rings. The van der Waals surface area contributed by atoms with Crippen molar-refractivity contribution < 1.29 is 0 Å². The van der Waals surface area contributed by atoms with Gasteiger partial charge in [0.1, 0.15) is 0 Å². The smallest absolute Gasteiger partial charge is 0.0380 e. The topological polar surface area (TPSA) is 12.0 Å². The molecule has 108 valence electrons. The van der Waals surface area contributed by atoms with Crippen molar-refractivity contribution in [3.05, 3.63) is 53.5 Å². The van der Waals surface area contributed by atoms with Gasteiger partial charge >= 0.3 is 0 Å². The molecule has 20 heavy (non-hydrogen) atoms. The molecule has 1 unspecified atom stereocenters. The highest BCUT2D eigenvalue weighted by Gasteiger charge is 2.16. The average molecular weight is 482 g/mol. The zero-order valence-corrected chi connectivity index (χ0v) is 16.7. The number of rotatable bonds is 6. The van der Waals surface area contributed by atoms with Gasteiger partial charge in [0.05, 0.1) is 0 Å². The molecule has 0 amide bonds. The maximum atomic E-state index is 3.67. The molecule has 2 rings (SSSR count). The molecule has 0 radical (unpaired) electrons. The van der Waals surface area contributed by atoms with E-state index in [2.05, 4.69) is 89.7 Å². The van der Waals surface area contributed by atoms with E-state index in [1.807, 2.05) is 0 Å². The lowest BCUT2D eigenvalue weighted by Crippen LogP contribution is -2.24. The molecule has 1 heterocycles. The summed E-state index contributed by atoms with van der Waals surface area (Å²) in [6.45, 7) is 3.22. The van der Waals surface area contributed by atoms with Gasteiger partial charge in [0.15, 0.2) is 0 Å². The van der Waals surface area contributed by atoms with Crippen molar-refractivity contribution in [2.45, 2.75) is 25.8 Å². The summed E-state index contributed by atoms with van der Waals surface area (Å²) in [5, 5.41) is 5.79. The summed E-state index contributed by atoms with van der Waals surface area (Å²) in [6, 6.07) is 8.89. The minimum Gasteiger partial charge on any atom is -0.310 e. The molecule has 0 aliphatic carbocycles. The Morgan fingerprint density at radius 1 is 1.15 bits per heavy atom. The molecule has 1 aromatic carbocycles. The molecule has 0 aliphatic heterocycles. The molecule has 0 bridgehead atoms. The Morgan fingerprint density at radius 3 is 2.60 bits per heavy atom. The number of hydrogen-bond donors (Lipinski definition) is 1. The van der Waals surface area contributed by atoms with Crippen LogP contribution in [0.15, 0.2) is 43.1 Å². The summed E-state index contributed by atoms with van der Waals surface area (Å²) in [5.74, 6) is 0. The monoisotopic (exact) mass is 479 g/mol. The van der Waals surface area contributed by atoms with Gasteiger partial charge in [-0.2, -0.15) is 0 Å². The summed E-state index contributed by atoms with van der Waals surface area (Å²) in [5.41, 5.74) is 1.30. The third-order valence-electron chi connectivity index (χ3n) is 3.00. The first-order valence-corrected chi connectivity index (χ1v) is 9.77. The molecule has 0 saturated heterocycles. The van der Waals surface area contributed by atoms with E-state index in [4.69, 9.17) is 0 Å². The highest BCUT2D eigenvalue weighted by Crippen LogP contribution is 2.31. The van der Waals surface area contributed by atoms with E-state index < -0.39 is 0 Å². The predicted molar refractivity (Wildman–Crippen MR) is 98.6 cm³/mol. The van der Waals surface area contributed by atoms with E-state index in [0.29, 0.717) is 6.04 Å². The van der Waals surface area contributed by atoms with Crippen molar-refractivity contribution >= 4 is 59.1 Å². The van der Waals surface area contributed by atoms with Crippen LogP contribution in [0.5, 0.6) is 0 Å². The Bertz CT molecular complexity index is 568. The average Bonchev–Trinajstić information content (AvgIpc) is 2.83. The first-order valence-electron chi connectivity index (χ1n) is 6.51. The highest BCUT2D eigenvalue weighted by molar-refractivity contribution is 9.11. The van der Waals surface area contributed by atoms with Crippen molar-refractivity contribution in [2.75, 3.05) is 6.54 Å². The quantitative estimate of drug-likeness (QED) is 0.509. The fourth-order valence-corrected chi connectivity index (χ4v) is 4.45. The SMILES string of the molecule is CCCNC(Cc1cc(Br)cs1)c1cc(Br)ccc1Br. The molecule has 1 N–H and O–H groups in total. The van der Waals surface area contributed by atoms with Gasteiger partial charge in [0.2, 0.25) is 0 Å². The molecule has 0 spiro atoms. The van der Waals surface area contributed by atoms with Gasteiger partial charge in [-0.05, 0) is 58.7 Å². The van der Waals surface area contributed by atoms with Crippen molar-refractivity contribution in [1.82, 2.24) is 5.32 Å². The minimum atomic E-state index is 0.326. The minimum absolute atomic E-state index is 0.326. The van der Waals surface area contributed by atoms with Crippen LogP contribution in [0.1, 0.15) is 29.8 Å². The fourth-order valence-electron chi connectivity index (χ4n) is 2.05. The Balaban J connectivity index is 2.24. The molecular weight excluding hydrogens is 466 g/mol. The molecule has 1 atom stereocenters. The third kappa shape index (κ3) is 4.67. The molecule has 0 aliphatic rings. The van der Waals surface area contributed by atoms with E-state index in [0.717, 1.165) is 28.3 Å². The van der Waals surface area contributed by atoms with Crippen LogP contribution in [0.4, 0.5) is 0 Å². The van der Waals surface area contributed by atoms with Crippen molar-refractivity contribution in [3.63, 3.8) is 0 Å². The molecule has 1 aromatic heterocycles. The van der Waals surface area contributed by atoms with E-state index in [1.165, 1.54) is 14.9 Å². The van der Waals surface area contributed by atoms with Gasteiger partial charge in [0.25, 0.3) is 0 Å². The van der Waals surface area contributed by atoms with Gasteiger partial charge in [-0.15, -0.1) is 11.3 Å². The summed E-state index contributed by atoms with van der Waals surface area (Å²) in [7, 11) is 0. The molecule has 0 saturated carbocycles. The van der Waals surface area contributed by atoms with Gasteiger partial charge in [-0.1, -0.05) is 38.8 Å². The van der Waals surface area contributed by atoms with Gasteiger partial charge in [-0.3, -0.25) is 0 Å². The number of hydrogen-bond acceptors (Lipinski definition) is 2. The van der Waals surface area contributed by atoms with Crippen LogP contribution in [0.3, 0.4) is 0 Å². The van der Waals surface area contributed by atoms with Gasteiger partial charge in [-0.25, -0.2) is 0 Å². The standard InChI is InChI=1S/C15H16Br3NS/c1-2-5-19-15(8-12-6-11(17)9-20-12)13-7-10(16)3-4-14(13)18/h3-4,6-7,9,15,19H,2,5,8H2,1H3. The predicted octanol–water partition coefficient (Wildman–Crippen LogP) is 6.32. The van der Waals surface area contributed by atoms with Crippen molar-refractivity contribution in [3.8, 4) is 0 Å². The first-order chi connectivity index (χ1) is 9.60. The summed E-state index contributed by atoms with van der Waals surface area (Å²) >= 11 is 12.6. The van der Waals surface area contributed by atoms with Crippen LogP contribution >= 0.6 is 59.1 Å². The largest absolute Gasteiger partial charge is 0.310 e. The van der Waals surface area contributed by atoms with E-state index in [9.17, 15) is 0 Å². The zero-order valence-electron chi connectivity index (χ0n) is 11.1. The normalized spacial score (nSPS) is 12.6. The van der Waals surface area contributed by atoms with Crippen molar-refractivity contribution in [1.29, 1.82) is 0 Å². The lowest BCUT2D eigenvalue weighted by Gasteiger charge is -2.20. The van der Waals surface area contributed by atoms with Crippen LogP contribution < -0.4 is 5.32 Å². The van der Waals surface area contributed by atoms with Crippen LogP contribution in [0.25, 0.3) is 0 Å². The lowest BCUT2D eigenvalue weighted by molar-refractivity contribution is 0.530.